The fraction of sp³-hybridized carbons (Fsp3) is 0.467. The van der Waals surface area contributed by atoms with Gasteiger partial charge in [0.05, 0.1) is 7.11 Å². The van der Waals surface area contributed by atoms with Gasteiger partial charge in [0.2, 0.25) is 5.91 Å². The second-order valence-electron chi connectivity index (χ2n) is 5.20. The molecule has 0 bridgehead atoms. The molecule has 21 heavy (non-hydrogen) atoms. The topological polar surface area (TPSA) is 79.5 Å². The molecular weight excluding hydrogens is 270 g/mol. The minimum atomic E-state index is -0.471. The van der Waals surface area contributed by atoms with Gasteiger partial charge in [0.15, 0.2) is 0 Å². The first-order valence-electron chi connectivity index (χ1n) is 7.06. The van der Waals surface area contributed by atoms with Gasteiger partial charge >= 0.3 is 6.03 Å². The van der Waals surface area contributed by atoms with E-state index >= 15 is 0 Å². The number of hydrogen-bond acceptors (Lipinski definition) is 3. The van der Waals surface area contributed by atoms with E-state index in [9.17, 15) is 9.59 Å². The van der Waals surface area contributed by atoms with Gasteiger partial charge in [0.1, 0.15) is 11.8 Å². The molecule has 0 spiro atoms. The Kier molecular flexibility index (Phi) is 5.03. The van der Waals surface area contributed by atoms with Crippen molar-refractivity contribution in [1.82, 2.24) is 16.0 Å². The van der Waals surface area contributed by atoms with Gasteiger partial charge in [-0.25, -0.2) is 4.79 Å². The maximum absolute atomic E-state index is 11.9. The lowest BCUT2D eigenvalue weighted by atomic mass is 10.1. The molecule has 1 aromatic rings. The van der Waals surface area contributed by atoms with Crippen LogP contribution in [-0.4, -0.2) is 37.7 Å². The molecule has 6 nitrogen and oxygen atoms in total. The molecule has 1 aliphatic heterocycles. The molecule has 0 unspecified atom stereocenters. The van der Waals surface area contributed by atoms with E-state index < -0.39 is 6.04 Å². The molecule has 0 saturated carbocycles. The Hall–Kier alpha value is -2.24. The summed E-state index contributed by atoms with van der Waals surface area (Å²) in [6, 6.07) is 7.19. The number of urea groups is 1. The molecule has 3 amide bonds. The van der Waals surface area contributed by atoms with Gasteiger partial charge in [0.25, 0.3) is 0 Å². The number of amides is 3. The summed E-state index contributed by atoms with van der Waals surface area (Å²) in [5, 5.41) is 8.06. The number of rotatable bonds is 6. The first-order chi connectivity index (χ1) is 10.1. The molecule has 1 fully saturated rings. The monoisotopic (exact) mass is 291 g/mol. The van der Waals surface area contributed by atoms with Crippen molar-refractivity contribution in [3.8, 4) is 5.75 Å². The molecule has 114 valence electrons. The van der Waals surface area contributed by atoms with Gasteiger partial charge in [-0.3, -0.25) is 4.79 Å². The van der Waals surface area contributed by atoms with Crippen LogP contribution in [0.25, 0.3) is 0 Å². The second kappa shape index (κ2) is 6.97. The molecule has 1 heterocycles. The van der Waals surface area contributed by atoms with E-state index in [1.807, 2.05) is 31.2 Å². The highest BCUT2D eigenvalue weighted by molar-refractivity contribution is 5.90. The summed E-state index contributed by atoms with van der Waals surface area (Å²) < 4.78 is 5.12. The highest BCUT2D eigenvalue weighted by atomic mass is 16.5. The Morgan fingerprint density at radius 1 is 1.43 bits per heavy atom. The number of nitrogens with one attached hydrogen (secondary N) is 3. The maximum Gasteiger partial charge on any atom is 0.315 e. The van der Waals surface area contributed by atoms with Crippen molar-refractivity contribution in [2.45, 2.75) is 31.8 Å². The SMILES string of the molecule is COc1ccc(CC[C@@H](C)NC(=O)[C@@H]2CNC(=O)N2)cc1. The summed E-state index contributed by atoms with van der Waals surface area (Å²) >= 11 is 0. The Morgan fingerprint density at radius 2 is 2.14 bits per heavy atom. The number of methoxy groups -OCH3 is 1. The molecular formula is C15H21N3O3. The lowest BCUT2D eigenvalue weighted by Gasteiger charge is -2.16. The summed E-state index contributed by atoms with van der Waals surface area (Å²) in [4.78, 5) is 22.9. The van der Waals surface area contributed by atoms with Crippen LogP contribution in [0.15, 0.2) is 24.3 Å². The third-order valence-corrected chi connectivity index (χ3v) is 3.50. The third-order valence-electron chi connectivity index (χ3n) is 3.50. The van der Waals surface area contributed by atoms with E-state index in [1.54, 1.807) is 7.11 Å². The number of ether oxygens (including phenoxy) is 1. The highest BCUT2D eigenvalue weighted by Crippen LogP contribution is 2.13. The van der Waals surface area contributed by atoms with Crippen molar-refractivity contribution in [2.75, 3.05) is 13.7 Å². The maximum atomic E-state index is 11.9. The molecule has 6 heteroatoms. The lowest BCUT2D eigenvalue weighted by molar-refractivity contribution is -0.123. The van der Waals surface area contributed by atoms with Crippen molar-refractivity contribution in [3.05, 3.63) is 29.8 Å². The van der Waals surface area contributed by atoms with Gasteiger partial charge in [-0.2, -0.15) is 0 Å². The van der Waals surface area contributed by atoms with E-state index in [2.05, 4.69) is 16.0 Å². The Bertz CT molecular complexity index is 501. The predicted octanol–water partition coefficient (Wildman–Crippen LogP) is 0.814. The third kappa shape index (κ3) is 4.37. The molecule has 2 atom stereocenters. The van der Waals surface area contributed by atoms with Crippen LogP contribution in [0.5, 0.6) is 5.75 Å². The van der Waals surface area contributed by atoms with Gasteiger partial charge in [-0.05, 0) is 37.5 Å². The van der Waals surface area contributed by atoms with Gasteiger partial charge in [-0.15, -0.1) is 0 Å². The summed E-state index contributed by atoms with van der Waals surface area (Å²) in [6.07, 6.45) is 1.72. The van der Waals surface area contributed by atoms with Crippen molar-refractivity contribution in [2.24, 2.45) is 0 Å². The van der Waals surface area contributed by atoms with Gasteiger partial charge in [-0.1, -0.05) is 12.1 Å². The van der Waals surface area contributed by atoms with E-state index in [0.29, 0.717) is 6.54 Å². The predicted molar refractivity (Wildman–Crippen MR) is 79.2 cm³/mol. The Balaban J connectivity index is 1.74. The standard InChI is InChI=1S/C15H21N3O3/c1-10(17-14(19)13-9-16-15(20)18-13)3-4-11-5-7-12(21-2)8-6-11/h5-8,10,13H,3-4,9H2,1-2H3,(H,17,19)(H2,16,18,20)/t10-,13+/m1/s1. The van der Waals surface area contributed by atoms with Crippen molar-refractivity contribution in [1.29, 1.82) is 0 Å². The van der Waals surface area contributed by atoms with Crippen LogP contribution in [-0.2, 0) is 11.2 Å². The average Bonchev–Trinajstić information content (AvgIpc) is 2.92. The quantitative estimate of drug-likeness (QED) is 0.726. The highest BCUT2D eigenvalue weighted by Gasteiger charge is 2.27. The minimum absolute atomic E-state index is 0.0529. The van der Waals surface area contributed by atoms with Crippen molar-refractivity contribution < 1.29 is 14.3 Å². The van der Waals surface area contributed by atoms with Gasteiger partial charge in [0, 0.05) is 12.6 Å². The molecule has 0 aliphatic carbocycles. The van der Waals surface area contributed by atoms with Crippen LogP contribution in [0.4, 0.5) is 4.79 Å². The summed E-state index contributed by atoms with van der Waals surface area (Å²) in [5.41, 5.74) is 1.20. The molecule has 3 N–H and O–H groups in total. The van der Waals surface area contributed by atoms with Crippen LogP contribution >= 0.6 is 0 Å². The Labute approximate surface area is 124 Å². The smallest absolute Gasteiger partial charge is 0.315 e. The van der Waals surface area contributed by atoms with E-state index in [0.717, 1.165) is 18.6 Å². The van der Waals surface area contributed by atoms with E-state index in [1.165, 1.54) is 5.56 Å². The van der Waals surface area contributed by atoms with Crippen LogP contribution in [0.1, 0.15) is 18.9 Å². The second-order valence-corrected chi connectivity index (χ2v) is 5.20. The van der Waals surface area contributed by atoms with Crippen LogP contribution in [0, 0.1) is 0 Å². The number of hydrogen-bond donors (Lipinski definition) is 3. The van der Waals surface area contributed by atoms with Crippen molar-refractivity contribution in [3.63, 3.8) is 0 Å². The number of aryl methyl sites for hydroxylation is 1. The van der Waals surface area contributed by atoms with E-state index in [4.69, 9.17) is 4.74 Å². The first-order valence-corrected chi connectivity index (χ1v) is 7.06. The number of carbonyl (C=O) groups is 2. The minimum Gasteiger partial charge on any atom is -0.497 e. The number of benzene rings is 1. The normalized spacial score (nSPS) is 18.6. The fourth-order valence-electron chi connectivity index (χ4n) is 2.20. The Morgan fingerprint density at radius 3 is 2.71 bits per heavy atom. The molecule has 2 rings (SSSR count). The molecule has 0 radical (unpaired) electrons. The zero-order valence-corrected chi connectivity index (χ0v) is 12.3. The van der Waals surface area contributed by atoms with Crippen LogP contribution in [0.3, 0.4) is 0 Å². The van der Waals surface area contributed by atoms with Gasteiger partial charge < -0.3 is 20.7 Å². The summed E-state index contributed by atoms with van der Waals surface area (Å²) in [5.74, 6) is 0.695. The number of carbonyl (C=O) groups excluding carboxylic acids is 2. The first kappa shape index (κ1) is 15.2. The zero-order valence-electron chi connectivity index (χ0n) is 12.3. The van der Waals surface area contributed by atoms with Crippen LogP contribution < -0.4 is 20.7 Å². The van der Waals surface area contributed by atoms with E-state index in [-0.39, 0.29) is 18.0 Å². The summed E-state index contributed by atoms with van der Waals surface area (Å²) in [6.45, 7) is 2.31. The summed E-state index contributed by atoms with van der Waals surface area (Å²) in [7, 11) is 1.64. The van der Waals surface area contributed by atoms with Crippen LogP contribution in [0.2, 0.25) is 0 Å². The zero-order chi connectivity index (χ0) is 15.2. The van der Waals surface area contributed by atoms with Crippen molar-refractivity contribution >= 4 is 11.9 Å². The average molecular weight is 291 g/mol. The lowest BCUT2D eigenvalue weighted by Crippen LogP contribution is -2.46. The molecule has 0 aromatic heterocycles. The molecule has 1 aromatic carbocycles. The largest absolute Gasteiger partial charge is 0.497 e. The molecule has 1 saturated heterocycles. The fourth-order valence-corrected chi connectivity index (χ4v) is 2.20. The molecule has 1 aliphatic rings.